The normalized spacial score (nSPS) is 11.1. The molecule has 0 unspecified atom stereocenters. The molecule has 2 aromatic rings. The Kier molecular flexibility index (Phi) is 5.91. The van der Waals surface area contributed by atoms with Crippen molar-refractivity contribution in [3.8, 4) is 0 Å². The Morgan fingerprint density at radius 1 is 0.789 bits per heavy atom. The minimum absolute atomic E-state index is 1.16. The number of benzene rings is 2. The first-order valence-corrected chi connectivity index (χ1v) is 8.27. The molecule has 0 amide bonds. The monoisotopic (exact) mass is 318 g/mol. The summed E-state index contributed by atoms with van der Waals surface area (Å²) in [4.78, 5) is 0. The van der Waals surface area contributed by atoms with E-state index in [1.807, 2.05) is 0 Å². The molecule has 0 aromatic heterocycles. The molecule has 0 bridgehead atoms. The van der Waals surface area contributed by atoms with Gasteiger partial charge in [-0.1, -0.05) is 79.2 Å². The molecule has 0 saturated carbocycles. The second-order valence-corrected chi connectivity index (χ2v) is 6.26. The van der Waals surface area contributed by atoms with Gasteiger partial charge < -0.3 is 0 Å². The van der Waals surface area contributed by atoms with Gasteiger partial charge in [-0.15, -0.1) is 0 Å². The third-order valence-corrected chi connectivity index (χ3v) is 4.18. The van der Waals surface area contributed by atoms with Crippen LogP contribution in [-0.2, 0) is 6.42 Å². The zero-order valence-corrected chi connectivity index (χ0v) is 13.4. The van der Waals surface area contributed by atoms with E-state index in [4.69, 9.17) is 0 Å². The molecule has 0 aliphatic carbocycles. The standard InChI is InChI=1S/C18H23Br/c1-2-3-4-5-6-7-8-15-9-10-17-14-18(19)12-11-16(17)13-15/h9-14H,2-8H2,1H3. The van der Waals surface area contributed by atoms with Crippen LogP contribution in [0.2, 0.25) is 0 Å². The second-order valence-electron chi connectivity index (χ2n) is 5.34. The van der Waals surface area contributed by atoms with Gasteiger partial charge in [0.2, 0.25) is 0 Å². The summed E-state index contributed by atoms with van der Waals surface area (Å²) in [6, 6.07) is 13.4. The Labute approximate surface area is 125 Å². The van der Waals surface area contributed by atoms with Crippen molar-refractivity contribution in [3.05, 3.63) is 46.4 Å². The summed E-state index contributed by atoms with van der Waals surface area (Å²) in [6.45, 7) is 2.27. The number of aryl methyl sites for hydroxylation is 1. The second kappa shape index (κ2) is 7.69. The highest BCUT2D eigenvalue weighted by Crippen LogP contribution is 2.21. The third-order valence-electron chi connectivity index (χ3n) is 3.69. The van der Waals surface area contributed by atoms with Crippen LogP contribution in [0.1, 0.15) is 51.0 Å². The van der Waals surface area contributed by atoms with Gasteiger partial charge in [0.15, 0.2) is 0 Å². The number of unbranched alkanes of at least 4 members (excludes halogenated alkanes) is 5. The molecule has 0 N–H and O–H groups in total. The maximum Gasteiger partial charge on any atom is 0.0181 e. The van der Waals surface area contributed by atoms with E-state index in [0.717, 1.165) is 4.47 Å². The fourth-order valence-corrected chi connectivity index (χ4v) is 2.91. The highest BCUT2D eigenvalue weighted by atomic mass is 79.9. The van der Waals surface area contributed by atoms with Crippen LogP contribution in [-0.4, -0.2) is 0 Å². The molecule has 2 rings (SSSR count). The van der Waals surface area contributed by atoms with Crippen molar-refractivity contribution in [2.45, 2.75) is 51.9 Å². The van der Waals surface area contributed by atoms with Gasteiger partial charge in [0.05, 0.1) is 0 Å². The summed E-state index contributed by atoms with van der Waals surface area (Å²) in [5.41, 5.74) is 1.48. The predicted octanol–water partition coefficient (Wildman–Crippen LogP) is 6.51. The van der Waals surface area contributed by atoms with Crippen molar-refractivity contribution < 1.29 is 0 Å². The molecule has 0 nitrogen and oxygen atoms in total. The van der Waals surface area contributed by atoms with Gasteiger partial charge in [-0.25, -0.2) is 0 Å². The minimum Gasteiger partial charge on any atom is -0.0654 e. The van der Waals surface area contributed by atoms with Crippen LogP contribution < -0.4 is 0 Å². The Balaban J connectivity index is 1.86. The quantitative estimate of drug-likeness (QED) is 0.511. The van der Waals surface area contributed by atoms with E-state index < -0.39 is 0 Å². The summed E-state index contributed by atoms with van der Waals surface area (Å²) >= 11 is 3.52. The van der Waals surface area contributed by atoms with Gasteiger partial charge in [0.1, 0.15) is 0 Å². The Morgan fingerprint density at radius 2 is 1.47 bits per heavy atom. The summed E-state index contributed by atoms with van der Waals surface area (Å²) in [7, 11) is 0. The molecule has 0 atom stereocenters. The van der Waals surface area contributed by atoms with E-state index in [2.05, 4.69) is 59.3 Å². The van der Waals surface area contributed by atoms with Crippen molar-refractivity contribution in [1.82, 2.24) is 0 Å². The molecule has 0 aliphatic rings. The number of hydrogen-bond acceptors (Lipinski definition) is 0. The highest BCUT2D eigenvalue weighted by Gasteiger charge is 1.98. The maximum absolute atomic E-state index is 3.52. The topological polar surface area (TPSA) is 0 Å². The molecule has 19 heavy (non-hydrogen) atoms. The van der Waals surface area contributed by atoms with E-state index in [1.54, 1.807) is 0 Å². The number of halogens is 1. The van der Waals surface area contributed by atoms with Crippen LogP contribution in [0.4, 0.5) is 0 Å². The van der Waals surface area contributed by atoms with Crippen LogP contribution in [0.5, 0.6) is 0 Å². The van der Waals surface area contributed by atoms with Crippen LogP contribution in [0.15, 0.2) is 40.9 Å². The largest absolute Gasteiger partial charge is 0.0654 e. The van der Waals surface area contributed by atoms with Crippen LogP contribution in [0.25, 0.3) is 10.8 Å². The van der Waals surface area contributed by atoms with E-state index in [1.165, 1.54) is 61.3 Å². The van der Waals surface area contributed by atoms with E-state index in [0.29, 0.717) is 0 Å². The molecule has 102 valence electrons. The lowest BCUT2D eigenvalue weighted by molar-refractivity contribution is 0.607. The van der Waals surface area contributed by atoms with Gasteiger partial charge in [-0.05, 0) is 41.3 Å². The first kappa shape index (κ1) is 14.6. The van der Waals surface area contributed by atoms with Crippen LogP contribution >= 0.6 is 15.9 Å². The van der Waals surface area contributed by atoms with Gasteiger partial charge in [0, 0.05) is 4.47 Å². The van der Waals surface area contributed by atoms with Crippen molar-refractivity contribution in [2.75, 3.05) is 0 Å². The molecule has 0 saturated heterocycles. The molecular formula is C18H23Br. The maximum atomic E-state index is 3.52. The molecule has 0 fully saturated rings. The molecular weight excluding hydrogens is 296 g/mol. The zero-order valence-electron chi connectivity index (χ0n) is 11.8. The Morgan fingerprint density at radius 3 is 2.32 bits per heavy atom. The summed E-state index contributed by atoms with van der Waals surface area (Å²) in [5.74, 6) is 0. The van der Waals surface area contributed by atoms with Gasteiger partial charge in [0.25, 0.3) is 0 Å². The zero-order chi connectivity index (χ0) is 13.5. The lowest BCUT2D eigenvalue weighted by Gasteiger charge is -2.05. The van der Waals surface area contributed by atoms with Gasteiger partial charge in [-0.3, -0.25) is 0 Å². The van der Waals surface area contributed by atoms with Crippen molar-refractivity contribution >= 4 is 26.7 Å². The third kappa shape index (κ3) is 4.65. The highest BCUT2D eigenvalue weighted by molar-refractivity contribution is 9.10. The van der Waals surface area contributed by atoms with Crippen molar-refractivity contribution in [3.63, 3.8) is 0 Å². The van der Waals surface area contributed by atoms with Crippen LogP contribution in [0, 0.1) is 0 Å². The average Bonchev–Trinajstić information content (AvgIpc) is 2.43. The van der Waals surface area contributed by atoms with Crippen LogP contribution in [0.3, 0.4) is 0 Å². The molecule has 0 heterocycles. The van der Waals surface area contributed by atoms with E-state index in [9.17, 15) is 0 Å². The lowest BCUT2D eigenvalue weighted by atomic mass is 10.0. The van der Waals surface area contributed by atoms with E-state index in [-0.39, 0.29) is 0 Å². The Hall–Kier alpha value is -0.820. The summed E-state index contributed by atoms with van der Waals surface area (Å²) < 4.78 is 1.16. The first-order valence-electron chi connectivity index (χ1n) is 7.48. The number of rotatable bonds is 7. The fraction of sp³-hybridized carbons (Fsp3) is 0.444. The molecule has 1 heteroatoms. The van der Waals surface area contributed by atoms with Crippen molar-refractivity contribution in [1.29, 1.82) is 0 Å². The Bertz CT molecular complexity index is 516. The predicted molar refractivity (Wildman–Crippen MR) is 88.7 cm³/mol. The SMILES string of the molecule is CCCCCCCCc1ccc2cc(Br)ccc2c1. The number of fused-ring (bicyclic) bond motifs is 1. The first-order chi connectivity index (χ1) is 9.29. The number of hydrogen-bond donors (Lipinski definition) is 0. The summed E-state index contributed by atoms with van der Waals surface area (Å²) in [5, 5.41) is 2.67. The average molecular weight is 319 g/mol. The summed E-state index contributed by atoms with van der Waals surface area (Å²) in [6.07, 6.45) is 9.45. The molecule has 0 spiro atoms. The lowest BCUT2D eigenvalue weighted by Crippen LogP contribution is -1.87. The minimum atomic E-state index is 1.16. The smallest absolute Gasteiger partial charge is 0.0181 e. The van der Waals surface area contributed by atoms with Gasteiger partial charge in [-0.2, -0.15) is 0 Å². The van der Waals surface area contributed by atoms with Crippen molar-refractivity contribution in [2.24, 2.45) is 0 Å². The molecule has 2 aromatic carbocycles. The fourth-order valence-electron chi connectivity index (χ4n) is 2.53. The molecule has 0 aliphatic heterocycles. The van der Waals surface area contributed by atoms with E-state index >= 15 is 0 Å². The molecule has 0 radical (unpaired) electrons. The van der Waals surface area contributed by atoms with Gasteiger partial charge >= 0.3 is 0 Å².